The van der Waals surface area contributed by atoms with E-state index in [2.05, 4.69) is 43.5 Å². The van der Waals surface area contributed by atoms with E-state index in [1.165, 1.54) is 29.0 Å². The second-order valence-corrected chi connectivity index (χ2v) is 12.8. The topological polar surface area (TPSA) is 106 Å². The van der Waals surface area contributed by atoms with Crippen molar-refractivity contribution in [1.29, 1.82) is 0 Å². The molecule has 39 heavy (non-hydrogen) atoms. The molecule has 0 aromatic carbocycles. The fourth-order valence-corrected chi connectivity index (χ4v) is 5.29. The van der Waals surface area contributed by atoms with Crippen LogP contribution in [0.15, 0.2) is 36.1 Å². The highest BCUT2D eigenvalue weighted by molar-refractivity contribution is 7.20. The normalized spacial score (nSPS) is 16.5. The molecule has 2 aliphatic carbocycles. The van der Waals surface area contributed by atoms with Gasteiger partial charge in [0.2, 0.25) is 0 Å². The lowest BCUT2D eigenvalue weighted by Crippen LogP contribution is -2.37. The van der Waals surface area contributed by atoms with E-state index < -0.39 is 11.7 Å². The van der Waals surface area contributed by atoms with Crippen molar-refractivity contribution >= 4 is 33.6 Å². The molecule has 4 N–H and O–H groups in total. The number of amides is 2. The molecule has 1 atom stereocenters. The minimum absolute atomic E-state index is 0.144. The summed E-state index contributed by atoms with van der Waals surface area (Å²) in [5.74, 6) is 0.512. The number of nitrogens with zero attached hydrogens (tertiary/aromatic N) is 1. The van der Waals surface area contributed by atoms with Gasteiger partial charge in [0, 0.05) is 29.9 Å². The number of carbonyl (C=O) groups excluding carboxylic acids is 2. The highest BCUT2D eigenvalue weighted by Crippen LogP contribution is 2.38. The van der Waals surface area contributed by atoms with Gasteiger partial charge in [-0.25, -0.2) is 9.78 Å². The van der Waals surface area contributed by atoms with Crippen LogP contribution >= 0.6 is 11.3 Å². The summed E-state index contributed by atoms with van der Waals surface area (Å²) in [6.45, 7) is 17.0. The van der Waals surface area contributed by atoms with Gasteiger partial charge in [-0.1, -0.05) is 46.8 Å². The van der Waals surface area contributed by atoms with Gasteiger partial charge < -0.3 is 21.1 Å². The molecule has 8 heteroatoms. The van der Waals surface area contributed by atoms with Gasteiger partial charge in [-0.2, -0.15) is 0 Å². The smallest absolute Gasteiger partial charge is 0.407 e. The number of pyridine rings is 1. The van der Waals surface area contributed by atoms with E-state index in [9.17, 15) is 9.59 Å². The summed E-state index contributed by atoms with van der Waals surface area (Å²) < 4.78 is 5.18. The Hall–Kier alpha value is -2.87. The Bertz CT molecular complexity index is 1170. The summed E-state index contributed by atoms with van der Waals surface area (Å²) in [6.07, 6.45) is 11.0. The SMILES string of the molecule is CC.CC(C)(C)OC(=O)NCCNC(=O)c1cc2cc3c(nc2s1)CCC(C(C)(C)C)C3.NC1=CC=CCC1. The number of hydrogen-bond donors (Lipinski definition) is 3. The van der Waals surface area contributed by atoms with Crippen molar-refractivity contribution in [2.45, 2.75) is 93.1 Å². The highest BCUT2D eigenvalue weighted by atomic mass is 32.1. The molecule has 0 fully saturated rings. The van der Waals surface area contributed by atoms with Crippen molar-refractivity contribution in [3.05, 3.63) is 52.2 Å². The monoisotopic (exact) mass is 556 g/mol. The van der Waals surface area contributed by atoms with Gasteiger partial charge in [-0.15, -0.1) is 11.3 Å². The Labute approximate surface area is 238 Å². The predicted molar refractivity (Wildman–Crippen MR) is 163 cm³/mol. The van der Waals surface area contributed by atoms with Crippen LogP contribution in [0.3, 0.4) is 0 Å². The van der Waals surface area contributed by atoms with E-state index in [4.69, 9.17) is 15.5 Å². The lowest BCUT2D eigenvalue weighted by molar-refractivity contribution is 0.0526. The Morgan fingerprint density at radius 1 is 1.08 bits per heavy atom. The van der Waals surface area contributed by atoms with E-state index in [1.807, 2.05) is 52.8 Å². The molecule has 0 saturated heterocycles. The first-order valence-electron chi connectivity index (χ1n) is 14.1. The summed E-state index contributed by atoms with van der Waals surface area (Å²) in [5.41, 5.74) is 8.70. The molecule has 0 spiro atoms. The molecule has 2 aromatic rings. The first-order chi connectivity index (χ1) is 18.3. The Kier molecular flexibility index (Phi) is 12.0. The summed E-state index contributed by atoms with van der Waals surface area (Å²) in [4.78, 5) is 30.6. The maximum atomic E-state index is 12.5. The second-order valence-electron chi connectivity index (χ2n) is 11.8. The van der Waals surface area contributed by atoms with E-state index in [-0.39, 0.29) is 5.91 Å². The number of aryl methyl sites for hydroxylation is 1. The number of nitrogens with two attached hydrogens (primary N) is 1. The number of carbonyl (C=O) groups is 2. The Balaban J connectivity index is 0.000000507. The second kappa shape index (κ2) is 14.5. The van der Waals surface area contributed by atoms with Gasteiger partial charge in [0.1, 0.15) is 10.4 Å². The highest BCUT2D eigenvalue weighted by Gasteiger charge is 2.29. The minimum atomic E-state index is -0.538. The zero-order valence-electron chi connectivity index (χ0n) is 25.1. The van der Waals surface area contributed by atoms with Crippen molar-refractivity contribution in [3.63, 3.8) is 0 Å². The zero-order valence-corrected chi connectivity index (χ0v) is 25.9. The average molecular weight is 557 g/mol. The number of fused-ring (bicyclic) bond motifs is 2. The van der Waals surface area contributed by atoms with Crippen LogP contribution in [-0.2, 0) is 17.6 Å². The molecule has 2 heterocycles. The van der Waals surface area contributed by atoms with Crippen molar-refractivity contribution in [3.8, 4) is 0 Å². The van der Waals surface area contributed by atoms with Crippen LogP contribution in [0.4, 0.5) is 4.79 Å². The van der Waals surface area contributed by atoms with Crippen LogP contribution in [0.25, 0.3) is 10.2 Å². The standard InChI is InChI=1S/C23H33N3O3S.C6H9N.C2H6/c1-22(2,3)16-7-8-17-14(12-16)11-15-13-18(30-20(15)26-17)19(27)24-9-10-25-21(28)29-23(4,5)6;7-6-4-2-1-3-5-6;1-2/h11,13,16H,7-10,12H2,1-6H3,(H,24,27)(H,25,28);1-2,4H,3,5,7H2;1-2H3. The third kappa shape index (κ3) is 10.7. The summed E-state index contributed by atoms with van der Waals surface area (Å²) in [5, 5.41) is 6.52. The third-order valence-electron chi connectivity index (χ3n) is 6.45. The molecule has 2 aromatic heterocycles. The molecule has 1 unspecified atom stereocenters. The van der Waals surface area contributed by atoms with Gasteiger partial charge in [0.05, 0.1) is 4.88 Å². The molecule has 4 rings (SSSR count). The van der Waals surface area contributed by atoms with Crippen LogP contribution in [0.5, 0.6) is 0 Å². The largest absolute Gasteiger partial charge is 0.444 e. The quantitative estimate of drug-likeness (QED) is 0.355. The maximum absolute atomic E-state index is 12.5. The molecular weight excluding hydrogens is 508 g/mol. The molecule has 0 saturated carbocycles. The number of allylic oxidation sites excluding steroid dienone is 4. The zero-order chi connectivity index (χ0) is 29.2. The summed E-state index contributed by atoms with van der Waals surface area (Å²) in [6, 6.07) is 4.14. The predicted octanol–water partition coefficient (Wildman–Crippen LogP) is 6.91. The molecule has 2 amide bonds. The molecule has 0 aliphatic heterocycles. The lowest BCUT2D eigenvalue weighted by Gasteiger charge is -2.34. The van der Waals surface area contributed by atoms with Crippen molar-refractivity contribution in [1.82, 2.24) is 15.6 Å². The minimum Gasteiger partial charge on any atom is -0.444 e. The molecular formula is C31H48N4O3S. The van der Waals surface area contributed by atoms with Gasteiger partial charge in [0.25, 0.3) is 5.91 Å². The number of hydrogen-bond acceptors (Lipinski definition) is 6. The van der Waals surface area contributed by atoms with Crippen LogP contribution < -0.4 is 16.4 Å². The first-order valence-corrected chi connectivity index (χ1v) is 14.9. The molecule has 0 bridgehead atoms. The van der Waals surface area contributed by atoms with Crippen LogP contribution in [0.1, 0.15) is 95.6 Å². The van der Waals surface area contributed by atoms with Crippen LogP contribution in [0.2, 0.25) is 0 Å². The van der Waals surface area contributed by atoms with E-state index in [0.717, 1.165) is 41.6 Å². The molecule has 2 aliphatic rings. The van der Waals surface area contributed by atoms with Gasteiger partial charge in [-0.05, 0) is 88.0 Å². The van der Waals surface area contributed by atoms with Gasteiger partial charge in [-0.3, -0.25) is 4.79 Å². The average Bonchev–Trinajstić information content (AvgIpc) is 3.28. The number of nitrogens with one attached hydrogen (secondary N) is 2. The van der Waals surface area contributed by atoms with Crippen LogP contribution in [0, 0.1) is 11.3 Å². The Morgan fingerprint density at radius 3 is 2.33 bits per heavy atom. The summed E-state index contributed by atoms with van der Waals surface area (Å²) >= 11 is 1.42. The van der Waals surface area contributed by atoms with Gasteiger partial charge >= 0.3 is 6.09 Å². The van der Waals surface area contributed by atoms with Crippen molar-refractivity contribution < 1.29 is 14.3 Å². The van der Waals surface area contributed by atoms with E-state index in [1.54, 1.807) is 0 Å². The lowest BCUT2D eigenvalue weighted by atomic mass is 9.71. The fraction of sp³-hybridized carbons (Fsp3) is 0.581. The third-order valence-corrected chi connectivity index (χ3v) is 7.49. The Morgan fingerprint density at radius 2 is 1.77 bits per heavy atom. The van der Waals surface area contributed by atoms with Crippen molar-refractivity contribution in [2.24, 2.45) is 17.1 Å². The fourth-order valence-electron chi connectivity index (χ4n) is 4.34. The van der Waals surface area contributed by atoms with Crippen LogP contribution in [-0.4, -0.2) is 35.7 Å². The number of alkyl carbamates (subject to hydrolysis) is 1. The van der Waals surface area contributed by atoms with Gasteiger partial charge in [0.15, 0.2) is 0 Å². The summed E-state index contributed by atoms with van der Waals surface area (Å²) in [7, 11) is 0. The van der Waals surface area contributed by atoms with Crippen molar-refractivity contribution in [2.75, 3.05) is 13.1 Å². The first kappa shape index (κ1) is 32.3. The number of ether oxygens (including phenoxy) is 1. The maximum Gasteiger partial charge on any atom is 0.407 e. The molecule has 216 valence electrons. The van der Waals surface area contributed by atoms with E-state index >= 15 is 0 Å². The number of aromatic nitrogens is 1. The molecule has 0 radical (unpaired) electrons. The number of thiophene rings is 1. The molecule has 7 nitrogen and oxygen atoms in total. The number of rotatable bonds is 4. The van der Waals surface area contributed by atoms with E-state index in [0.29, 0.717) is 29.3 Å².